The molecule has 1 heterocycles. The van der Waals surface area contributed by atoms with E-state index in [1.807, 2.05) is 0 Å². The number of nitro benzene ring substituents is 1. The molecule has 1 aromatic rings. The van der Waals surface area contributed by atoms with Gasteiger partial charge < -0.3 is 0 Å². The number of hydrogen-bond donors (Lipinski definition) is 0. The molecule has 0 saturated carbocycles. The van der Waals surface area contributed by atoms with Gasteiger partial charge in [-0.3, -0.25) is 19.8 Å². The third-order valence-electron chi connectivity index (χ3n) is 2.45. The van der Waals surface area contributed by atoms with E-state index in [4.69, 9.17) is 23.8 Å². The lowest BCUT2D eigenvalue weighted by molar-refractivity contribution is -0.384. The zero-order valence-electron chi connectivity index (χ0n) is 9.62. The Bertz CT molecular complexity index is 630. The summed E-state index contributed by atoms with van der Waals surface area (Å²) in [4.78, 5) is 23.8. The van der Waals surface area contributed by atoms with Crippen molar-refractivity contribution in [3.05, 3.63) is 43.8 Å². The predicted octanol–water partition coefficient (Wildman–Crippen LogP) is 3.08. The van der Waals surface area contributed by atoms with Gasteiger partial charge in [-0.25, -0.2) is 0 Å². The Morgan fingerprint density at radius 1 is 1.53 bits per heavy atom. The van der Waals surface area contributed by atoms with Crippen LogP contribution >= 0.6 is 35.6 Å². The molecule has 98 valence electrons. The number of benzene rings is 1. The number of thiocarbonyl (C=S) groups is 1. The minimum atomic E-state index is -0.565. The fourth-order valence-corrected chi connectivity index (χ4v) is 2.82. The van der Waals surface area contributed by atoms with Gasteiger partial charge >= 0.3 is 0 Å². The van der Waals surface area contributed by atoms with E-state index in [-0.39, 0.29) is 16.6 Å². The summed E-state index contributed by atoms with van der Waals surface area (Å²) in [7, 11) is 1.59. The lowest BCUT2D eigenvalue weighted by atomic mass is 10.2. The fraction of sp³-hybridized carbons (Fsp3) is 0.0909. The first-order valence-electron chi connectivity index (χ1n) is 5.05. The van der Waals surface area contributed by atoms with Crippen LogP contribution in [0.4, 0.5) is 5.69 Å². The number of amides is 1. The van der Waals surface area contributed by atoms with E-state index in [0.29, 0.717) is 14.8 Å². The highest BCUT2D eigenvalue weighted by molar-refractivity contribution is 8.26. The molecule has 0 atom stereocenters. The quantitative estimate of drug-likeness (QED) is 0.363. The fourth-order valence-electron chi connectivity index (χ4n) is 1.46. The highest BCUT2D eigenvalue weighted by atomic mass is 35.5. The van der Waals surface area contributed by atoms with Gasteiger partial charge in [0.25, 0.3) is 11.6 Å². The summed E-state index contributed by atoms with van der Waals surface area (Å²) in [5.41, 5.74) is 0.340. The Balaban J connectivity index is 2.39. The second-order valence-electron chi connectivity index (χ2n) is 3.71. The number of nitrogens with zero attached hydrogens (tertiary/aromatic N) is 2. The number of carbonyl (C=O) groups is 1. The molecule has 1 aliphatic heterocycles. The molecule has 0 aromatic heterocycles. The lowest BCUT2D eigenvalue weighted by Gasteiger charge is -2.03. The van der Waals surface area contributed by atoms with Gasteiger partial charge in [-0.05, 0) is 17.7 Å². The molecule has 0 unspecified atom stereocenters. The van der Waals surface area contributed by atoms with Gasteiger partial charge in [0, 0.05) is 13.1 Å². The first kappa shape index (κ1) is 14.0. The van der Waals surface area contributed by atoms with Crippen molar-refractivity contribution in [2.45, 2.75) is 0 Å². The number of thioether (sulfide) groups is 1. The first-order valence-corrected chi connectivity index (χ1v) is 6.66. The maximum absolute atomic E-state index is 11.8. The third-order valence-corrected chi connectivity index (χ3v) is 4.26. The van der Waals surface area contributed by atoms with Gasteiger partial charge in [0.05, 0.1) is 9.83 Å². The predicted molar refractivity (Wildman–Crippen MR) is 79.0 cm³/mol. The number of halogens is 1. The highest BCUT2D eigenvalue weighted by Crippen LogP contribution is 2.33. The van der Waals surface area contributed by atoms with Crippen molar-refractivity contribution in [2.75, 3.05) is 7.05 Å². The number of nitro groups is 1. The monoisotopic (exact) mass is 314 g/mol. The lowest BCUT2D eigenvalue weighted by Crippen LogP contribution is -2.22. The average molecular weight is 315 g/mol. The van der Waals surface area contributed by atoms with E-state index in [9.17, 15) is 14.9 Å². The van der Waals surface area contributed by atoms with Crippen molar-refractivity contribution in [1.82, 2.24) is 4.90 Å². The second kappa shape index (κ2) is 5.28. The molecule has 1 fully saturated rings. The summed E-state index contributed by atoms with van der Waals surface area (Å²) in [6, 6.07) is 4.36. The van der Waals surface area contributed by atoms with Crippen LogP contribution in [0.1, 0.15) is 5.56 Å². The van der Waals surface area contributed by atoms with Gasteiger partial charge in [0.2, 0.25) is 0 Å². The minimum Gasteiger partial charge on any atom is -0.296 e. The van der Waals surface area contributed by atoms with Crippen molar-refractivity contribution in [1.29, 1.82) is 0 Å². The summed E-state index contributed by atoms with van der Waals surface area (Å²) < 4.78 is 0.458. The van der Waals surface area contributed by atoms with Crippen LogP contribution in [0.25, 0.3) is 6.08 Å². The Hall–Kier alpha value is -1.44. The molecule has 0 bridgehead atoms. The van der Waals surface area contributed by atoms with Gasteiger partial charge in [-0.1, -0.05) is 41.6 Å². The third kappa shape index (κ3) is 2.78. The van der Waals surface area contributed by atoms with Crippen molar-refractivity contribution in [3.63, 3.8) is 0 Å². The molecule has 1 saturated heterocycles. The van der Waals surface area contributed by atoms with Crippen molar-refractivity contribution >= 4 is 57.6 Å². The Morgan fingerprint density at radius 3 is 2.74 bits per heavy atom. The summed E-state index contributed by atoms with van der Waals surface area (Å²) >= 11 is 11.9. The molecule has 1 aliphatic rings. The van der Waals surface area contributed by atoms with Crippen molar-refractivity contribution in [3.8, 4) is 0 Å². The molecule has 0 aliphatic carbocycles. The molecule has 1 aromatic carbocycles. The second-order valence-corrected chi connectivity index (χ2v) is 5.79. The SMILES string of the molecule is CN1C(=O)/C(=C\c2ccc(Cl)c([N+](=O)[O-])c2)SC1=S. The van der Waals surface area contributed by atoms with Crippen molar-refractivity contribution in [2.24, 2.45) is 0 Å². The van der Waals surface area contributed by atoms with E-state index >= 15 is 0 Å². The number of carbonyl (C=O) groups excluding carboxylic acids is 1. The smallest absolute Gasteiger partial charge is 0.288 e. The summed E-state index contributed by atoms with van der Waals surface area (Å²) in [5.74, 6) is -0.215. The molecule has 5 nitrogen and oxygen atoms in total. The van der Waals surface area contributed by atoms with Gasteiger partial charge in [-0.15, -0.1) is 0 Å². The zero-order valence-corrected chi connectivity index (χ0v) is 12.0. The van der Waals surface area contributed by atoms with Crippen LogP contribution in [0.15, 0.2) is 23.1 Å². The van der Waals surface area contributed by atoms with Crippen LogP contribution in [-0.2, 0) is 4.79 Å². The molecule has 0 spiro atoms. The molecular weight excluding hydrogens is 308 g/mol. The topological polar surface area (TPSA) is 63.5 Å². The molecule has 8 heteroatoms. The molecule has 1 amide bonds. The van der Waals surface area contributed by atoms with Crippen LogP contribution in [0.5, 0.6) is 0 Å². The Labute approximate surface area is 123 Å². The van der Waals surface area contributed by atoms with E-state index in [1.165, 1.54) is 17.0 Å². The number of hydrogen-bond acceptors (Lipinski definition) is 5. The molecule has 0 radical (unpaired) electrons. The van der Waals surface area contributed by atoms with Crippen LogP contribution in [0, 0.1) is 10.1 Å². The average Bonchev–Trinajstić information content (AvgIpc) is 2.59. The first-order chi connectivity index (χ1) is 8.90. The molecule has 2 rings (SSSR count). The molecule has 0 N–H and O–H groups in total. The molecule has 19 heavy (non-hydrogen) atoms. The van der Waals surface area contributed by atoms with E-state index in [0.717, 1.165) is 11.8 Å². The van der Waals surface area contributed by atoms with Crippen LogP contribution in [-0.4, -0.2) is 27.1 Å². The molecular formula is C11H7ClN2O3S2. The van der Waals surface area contributed by atoms with E-state index in [2.05, 4.69) is 0 Å². The van der Waals surface area contributed by atoms with E-state index in [1.54, 1.807) is 19.2 Å². The van der Waals surface area contributed by atoms with Gasteiger partial charge in [0.1, 0.15) is 9.34 Å². The maximum Gasteiger partial charge on any atom is 0.288 e. The zero-order chi connectivity index (χ0) is 14.2. The Kier molecular flexibility index (Phi) is 3.88. The Morgan fingerprint density at radius 2 is 2.21 bits per heavy atom. The van der Waals surface area contributed by atoms with Crippen LogP contribution in [0.3, 0.4) is 0 Å². The van der Waals surface area contributed by atoms with Crippen LogP contribution < -0.4 is 0 Å². The van der Waals surface area contributed by atoms with Gasteiger partial charge in [0.15, 0.2) is 0 Å². The summed E-state index contributed by atoms with van der Waals surface area (Å²) in [6.45, 7) is 0. The van der Waals surface area contributed by atoms with Crippen molar-refractivity contribution < 1.29 is 9.72 Å². The summed E-state index contributed by atoms with van der Waals surface area (Å²) in [5, 5.41) is 10.8. The highest BCUT2D eigenvalue weighted by Gasteiger charge is 2.28. The number of rotatable bonds is 2. The van der Waals surface area contributed by atoms with E-state index < -0.39 is 4.92 Å². The van der Waals surface area contributed by atoms with Gasteiger partial charge in [-0.2, -0.15) is 0 Å². The normalized spacial score (nSPS) is 17.4. The maximum atomic E-state index is 11.8. The van der Waals surface area contributed by atoms with Crippen LogP contribution in [0.2, 0.25) is 5.02 Å². The summed E-state index contributed by atoms with van der Waals surface area (Å²) in [6.07, 6.45) is 1.56. The standard InChI is InChI=1S/C11H7ClN2O3S2/c1-13-10(15)9(19-11(13)18)5-6-2-3-7(12)8(4-6)14(16)17/h2-5H,1H3/b9-5+. The largest absolute Gasteiger partial charge is 0.296 e. The number of likely N-dealkylation sites (N-methyl/N-ethyl adjacent to an activating group) is 1. The minimum absolute atomic E-state index is 0.0604.